The minimum absolute atomic E-state index is 0.883. The Morgan fingerprint density at radius 2 is 2.11 bits per heavy atom. The van der Waals surface area contributed by atoms with E-state index in [-0.39, 0.29) is 0 Å². The number of benzene rings is 1. The Hall–Kier alpha value is -1.32. The molecule has 0 radical (unpaired) electrons. The summed E-state index contributed by atoms with van der Waals surface area (Å²) in [5.41, 5.74) is 5.15. The fraction of sp³-hybridized carbons (Fsp3) is 0.467. The number of fused-ring (bicyclic) bond motifs is 1. The average molecular weight is 244 g/mol. The molecule has 3 heteroatoms. The maximum absolute atomic E-state index is 5.36. The highest BCUT2D eigenvalue weighted by molar-refractivity contribution is 5.62. The zero-order chi connectivity index (χ0) is 12.4. The van der Waals surface area contributed by atoms with Crippen molar-refractivity contribution in [3.8, 4) is 0 Å². The van der Waals surface area contributed by atoms with Crippen molar-refractivity contribution in [1.82, 2.24) is 4.90 Å². The number of ether oxygens (including phenoxy) is 1. The van der Waals surface area contributed by atoms with Gasteiger partial charge in [0.1, 0.15) is 0 Å². The molecule has 3 nitrogen and oxygen atoms in total. The molecule has 1 aromatic carbocycles. The third kappa shape index (κ3) is 2.57. The van der Waals surface area contributed by atoms with Gasteiger partial charge in [-0.15, -0.1) is 0 Å². The number of hydrogen-bond acceptors (Lipinski definition) is 3. The molecule has 1 saturated heterocycles. The summed E-state index contributed by atoms with van der Waals surface area (Å²) in [6, 6.07) is 6.73. The van der Waals surface area contributed by atoms with Crippen LogP contribution >= 0.6 is 0 Å². The van der Waals surface area contributed by atoms with Crippen LogP contribution in [0.2, 0.25) is 0 Å². The van der Waals surface area contributed by atoms with Gasteiger partial charge in [-0.1, -0.05) is 18.7 Å². The summed E-state index contributed by atoms with van der Waals surface area (Å²) in [5, 5.41) is 3.31. The molecular formula is C15H20N2O. The molecule has 1 N–H and O–H groups in total. The van der Waals surface area contributed by atoms with Crippen molar-refractivity contribution in [3.05, 3.63) is 41.6 Å². The Labute approximate surface area is 108 Å². The van der Waals surface area contributed by atoms with Crippen LogP contribution in [0.15, 0.2) is 30.5 Å². The molecule has 3 rings (SSSR count). The topological polar surface area (TPSA) is 24.5 Å². The fourth-order valence-corrected chi connectivity index (χ4v) is 2.65. The third-order valence-corrected chi connectivity index (χ3v) is 3.71. The molecule has 1 aromatic rings. The maximum atomic E-state index is 5.36. The van der Waals surface area contributed by atoms with Crippen LogP contribution in [0.3, 0.4) is 0 Å². The molecule has 0 spiro atoms. The monoisotopic (exact) mass is 244 g/mol. The van der Waals surface area contributed by atoms with Gasteiger partial charge in [-0.3, -0.25) is 4.90 Å². The quantitative estimate of drug-likeness (QED) is 0.880. The number of hydrogen-bond donors (Lipinski definition) is 1. The summed E-state index contributed by atoms with van der Waals surface area (Å²) < 4.78 is 5.36. The van der Waals surface area contributed by atoms with Gasteiger partial charge in [0.25, 0.3) is 0 Å². The fourth-order valence-electron chi connectivity index (χ4n) is 2.65. The molecule has 2 aliphatic rings. The number of nitrogens with zero attached hydrogens (tertiary/aromatic N) is 1. The largest absolute Gasteiger partial charge is 0.379 e. The molecule has 0 bridgehead atoms. The second-order valence-electron chi connectivity index (χ2n) is 5.10. The van der Waals surface area contributed by atoms with Gasteiger partial charge in [-0.25, -0.2) is 0 Å². The molecule has 18 heavy (non-hydrogen) atoms. The van der Waals surface area contributed by atoms with E-state index in [1.165, 1.54) is 16.8 Å². The minimum atomic E-state index is 0.883. The van der Waals surface area contributed by atoms with E-state index in [0.29, 0.717) is 0 Å². The first-order valence-corrected chi connectivity index (χ1v) is 6.68. The Balaban J connectivity index is 1.60. The Morgan fingerprint density at radius 3 is 2.94 bits per heavy atom. The molecule has 0 aromatic heterocycles. The van der Waals surface area contributed by atoms with Gasteiger partial charge in [-0.05, 0) is 23.6 Å². The molecule has 2 aliphatic heterocycles. The normalized spacial score (nSPS) is 19.7. The molecule has 0 atom stereocenters. The number of anilines is 1. The molecular weight excluding hydrogens is 224 g/mol. The van der Waals surface area contributed by atoms with E-state index in [1.54, 1.807) is 0 Å². The molecule has 96 valence electrons. The summed E-state index contributed by atoms with van der Waals surface area (Å²) in [6.45, 7) is 9.03. The Morgan fingerprint density at radius 1 is 1.28 bits per heavy atom. The van der Waals surface area contributed by atoms with Crippen molar-refractivity contribution >= 4 is 5.69 Å². The lowest BCUT2D eigenvalue weighted by atomic mass is 10.1. The molecule has 0 aliphatic carbocycles. The predicted octanol–water partition coefficient (Wildman–Crippen LogP) is 2.04. The van der Waals surface area contributed by atoms with E-state index >= 15 is 0 Å². The Bertz CT molecular complexity index is 450. The van der Waals surface area contributed by atoms with Crippen molar-refractivity contribution in [2.45, 2.75) is 12.8 Å². The zero-order valence-electron chi connectivity index (χ0n) is 10.7. The first kappa shape index (κ1) is 11.8. The van der Waals surface area contributed by atoms with Crippen LogP contribution < -0.4 is 5.32 Å². The second-order valence-corrected chi connectivity index (χ2v) is 5.10. The lowest BCUT2D eigenvalue weighted by Crippen LogP contribution is -2.37. The van der Waals surface area contributed by atoms with Crippen molar-refractivity contribution in [1.29, 1.82) is 0 Å². The van der Waals surface area contributed by atoms with Crippen LogP contribution in [0.4, 0.5) is 5.69 Å². The van der Waals surface area contributed by atoms with Crippen LogP contribution in [0, 0.1) is 0 Å². The first-order chi connectivity index (χ1) is 8.81. The number of allylic oxidation sites excluding steroid dienone is 1. The van der Waals surface area contributed by atoms with Gasteiger partial charge in [0.15, 0.2) is 0 Å². The van der Waals surface area contributed by atoms with Gasteiger partial charge in [0.05, 0.1) is 13.2 Å². The first-order valence-electron chi connectivity index (χ1n) is 6.68. The summed E-state index contributed by atoms with van der Waals surface area (Å²) in [5.74, 6) is 0. The van der Waals surface area contributed by atoms with E-state index in [0.717, 1.165) is 51.4 Å². The van der Waals surface area contributed by atoms with E-state index in [4.69, 9.17) is 4.74 Å². The van der Waals surface area contributed by atoms with Gasteiger partial charge >= 0.3 is 0 Å². The number of rotatable bonds is 3. The predicted molar refractivity (Wildman–Crippen MR) is 73.9 cm³/mol. The Kier molecular flexibility index (Phi) is 3.35. The summed E-state index contributed by atoms with van der Waals surface area (Å²) in [7, 11) is 0. The molecule has 2 heterocycles. The van der Waals surface area contributed by atoms with Crippen LogP contribution in [-0.4, -0.2) is 37.7 Å². The van der Waals surface area contributed by atoms with Crippen molar-refractivity contribution in [2.24, 2.45) is 0 Å². The molecule has 0 saturated carbocycles. The van der Waals surface area contributed by atoms with Crippen molar-refractivity contribution in [3.63, 3.8) is 0 Å². The zero-order valence-corrected chi connectivity index (χ0v) is 10.7. The summed E-state index contributed by atoms with van der Waals surface area (Å²) >= 11 is 0. The van der Waals surface area contributed by atoms with E-state index in [9.17, 15) is 0 Å². The third-order valence-electron chi connectivity index (χ3n) is 3.71. The van der Waals surface area contributed by atoms with Crippen molar-refractivity contribution < 1.29 is 4.74 Å². The lowest BCUT2D eigenvalue weighted by Gasteiger charge is -2.26. The standard InChI is InChI=1S/C15H20N2O/c1-12-10-14-11-13(2-3-15(14)16-12)4-5-17-6-8-18-9-7-17/h2-3,11,16H,1,4-10H2. The SMILES string of the molecule is C=C1Cc2cc(CCN3CCOCC3)ccc2N1. The van der Waals surface area contributed by atoms with Crippen molar-refractivity contribution in [2.75, 3.05) is 38.2 Å². The lowest BCUT2D eigenvalue weighted by molar-refractivity contribution is 0.0384. The van der Waals surface area contributed by atoms with Gasteiger partial charge < -0.3 is 10.1 Å². The van der Waals surface area contributed by atoms with Crippen LogP contribution in [0.5, 0.6) is 0 Å². The maximum Gasteiger partial charge on any atom is 0.0594 e. The van der Waals surface area contributed by atoms with Gasteiger partial charge in [0, 0.05) is 37.4 Å². The molecule has 1 fully saturated rings. The summed E-state index contributed by atoms with van der Waals surface area (Å²) in [6.07, 6.45) is 2.10. The van der Waals surface area contributed by atoms with E-state index in [2.05, 4.69) is 35.0 Å². The van der Waals surface area contributed by atoms with E-state index < -0.39 is 0 Å². The minimum Gasteiger partial charge on any atom is -0.379 e. The van der Waals surface area contributed by atoms with Gasteiger partial charge in [0.2, 0.25) is 0 Å². The highest BCUT2D eigenvalue weighted by Gasteiger charge is 2.14. The van der Waals surface area contributed by atoms with Crippen LogP contribution in [-0.2, 0) is 17.6 Å². The smallest absolute Gasteiger partial charge is 0.0594 e. The number of nitrogens with one attached hydrogen (secondary N) is 1. The average Bonchev–Trinajstić information content (AvgIpc) is 2.77. The highest BCUT2D eigenvalue weighted by Crippen LogP contribution is 2.27. The van der Waals surface area contributed by atoms with Crippen LogP contribution in [0.1, 0.15) is 11.1 Å². The highest BCUT2D eigenvalue weighted by atomic mass is 16.5. The second kappa shape index (κ2) is 5.12. The summed E-state index contributed by atoms with van der Waals surface area (Å²) in [4.78, 5) is 2.48. The number of morpholine rings is 1. The van der Waals surface area contributed by atoms with Gasteiger partial charge in [-0.2, -0.15) is 0 Å². The molecule has 0 unspecified atom stereocenters. The van der Waals surface area contributed by atoms with Crippen LogP contribution in [0.25, 0.3) is 0 Å². The van der Waals surface area contributed by atoms with E-state index in [1.807, 2.05) is 0 Å². The molecule has 0 amide bonds.